The number of amides is 2. The Kier molecular flexibility index (Phi) is 5.98. The summed E-state index contributed by atoms with van der Waals surface area (Å²) < 4.78 is 39.1. The molecule has 30 heavy (non-hydrogen) atoms. The van der Waals surface area contributed by atoms with Crippen LogP contribution in [-0.2, 0) is 15.8 Å². The first kappa shape index (κ1) is 21.2. The summed E-state index contributed by atoms with van der Waals surface area (Å²) in [4.78, 5) is 26.6. The molecule has 0 aliphatic heterocycles. The molecule has 9 heteroatoms. The molecule has 0 spiro atoms. The van der Waals surface area contributed by atoms with E-state index in [0.717, 1.165) is 11.0 Å². The number of alkyl halides is 3. The highest BCUT2D eigenvalue weighted by molar-refractivity contribution is 6.45. The summed E-state index contributed by atoms with van der Waals surface area (Å²) >= 11 is 5.59. The van der Waals surface area contributed by atoms with E-state index in [2.05, 4.69) is 5.32 Å². The molecule has 154 valence electrons. The van der Waals surface area contributed by atoms with Crippen molar-refractivity contribution < 1.29 is 22.8 Å². The van der Waals surface area contributed by atoms with Crippen molar-refractivity contribution in [3.05, 3.63) is 83.4 Å². The topological polar surface area (TPSA) is 75.4 Å². The number of carbonyl (C=O) groups is 2. The number of anilines is 4. The number of hydrogen-bond donors (Lipinski definition) is 2. The second-order valence-electron chi connectivity index (χ2n) is 6.21. The Morgan fingerprint density at radius 2 is 1.50 bits per heavy atom. The molecular weight excluding hydrogens is 419 g/mol. The fourth-order valence-corrected chi connectivity index (χ4v) is 2.92. The van der Waals surface area contributed by atoms with E-state index in [1.54, 1.807) is 54.6 Å². The van der Waals surface area contributed by atoms with Gasteiger partial charge < -0.3 is 11.1 Å². The van der Waals surface area contributed by atoms with E-state index in [1.807, 2.05) is 0 Å². The highest BCUT2D eigenvalue weighted by atomic mass is 35.5. The Morgan fingerprint density at radius 1 is 0.900 bits per heavy atom. The lowest BCUT2D eigenvalue weighted by Gasteiger charge is -2.22. The van der Waals surface area contributed by atoms with Gasteiger partial charge in [-0.15, -0.1) is 0 Å². The largest absolute Gasteiger partial charge is 0.417 e. The molecule has 0 saturated heterocycles. The number of nitrogens with two attached hydrogens (primary N) is 1. The summed E-state index contributed by atoms with van der Waals surface area (Å²) in [6.45, 7) is 0. The molecule has 2 amide bonds. The van der Waals surface area contributed by atoms with Crippen LogP contribution in [0.1, 0.15) is 5.56 Å². The second kappa shape index (κ2) is 8.46. The molecule has 0 aliphatic carbocycles. The maximum atomic E-state index is 13.0. The van der Waals surface area contributed by atoms with Gasteiger partial charge in [0.1, 0.15) is 0 Å². The van der Waals surface area contributed by atoms with Crippen LogP contribution in [0.3, 0.4) is 0 Å². The average Bonchev–Trinajstić information content (AvgIpc) is 2.71. The maximum Gasteiger partial charge on any atom is 0.417 e. The van der Waals surface area contributed by atoms with Crippen molar-refractivity contribution in [2.24, 2.45) is 0 Å². The smallest absolute Gasteiger partial charge is 0.399 e. The van der Waals surface area contributed by atoms with E-state index in [0.29, 0.717) is 23.1 Å². The zero-order valence-corrected chi connectivity index (χ0v) is 16.0. The molecule has 5 nitrogen and oxygen atoms in total. The predicted molar refractivity (Wildman–Crippen MR) is 110 cm³/mol. The van der Waals surface area contributed by atoms with Gasteiger partial charge in [-0.1, -0.05) is 29.8 Å². The van der Waals surface area contributed by atoms with Gasteiger partial charge in [-0.05, 0) is 54.6 Å². The first-order valence-corrected chi connectivity index (χ1v) is 8.97. The molecule has 3 rings (SSSR count). The van der Waals surface area contributed by atoms with Crippen molar-refractivity contribution in [1.29, 1.82) is 0 Å². The monoisotopic (exact) mass is 433 g/mol. The zero-order chi connectivity index (χ0) is 21.9. The lowest BCUT2D eigenvalue weighted by Crippen LogP contribution is -2.36. The number of rotatable bonds is 3. The summed E-state index contributed by atoms with van der Waals surface area (Å²) in [6.07, 6.45) is -4.71. The van der Waals surface area contributed by atoms with Crippen LogP contribution in [0.4, 0.5) is 35.9 Å². The molecule has 0 heterocycles. The van der Waals surface area contributed by atoms with Gasteiger partial charge in [-0.25, -0.2) is 0 Å². The summed E-state index contributed by atoms with van der Waals surface area (Å²) in [5.74, 6) is -2.11. The standard InChI is InChI=1S/C21H15ClF3N3O2/c22-18-11-8-14(12-17(18)21(23,24)25)27-19(29)20(30)28(15-4-2-1-3-5-15)16-9-6-13(26)7-10-16/h1-12H,26H2,(H,27,29). The summed E-state index contributed by atoms with van der Waals surface area (Å²) in [5, 5.41) is 1.69. The van der Waals surface area contributed by atoms with Gasteiger partial charge >= 0.3 is 18.0 Å². The van der Waals surface area contributed by atoms with Crippen molar-refractivity contribution in [2.75, 3.05) is 16.0 Å². The molecule has 3 aromatic rings. The van der Waals surface area contributed by atoms with Gasteiger partial charge in [-0.2, -0.15) is 13.2 Å². The van der Waals surface area contributed by atoms with Gasteiger partial charge in [0, 0.05) is 22.7 Å². The minimum absolute atomic E-state index is 0.213. The second-order valence-corrected chi connectivity index (χ2v) is 6.62. The van der Waals surface area contributed by atoms with E-state index < -0.39 is 28.6 Å². The number of hydrogen-bond acceptors (Lipinski definition) is 3. The third-order valence-electron chi connectivity index (χ3n) is 4.09. The Morgan fingerprint density at radius 3 is 2.10 bits per heavy atom. The normalized spacial score (nSPS) is 11.1. The number of halogens is 4. The molecule has 0 radical (unpaired) electrons. The highest BCUT2D eigenvalue weighted by Gasteiger charge is 2.34. The van der Waals surface area contributed by atoms with Crippen LogP contribution in [-0.4, -0.2) is 11.8 Å². The minimum Gasteiger partial charge on any atom is -0.399 e. The molecule has 0 aliphatic rings. The third-order valence-corrected chi connectivity index (χ3v) is 4.42. The molecule has 0 atom stereocenters. The number of nitrogens with one attached hydrogen (secondary N) is 1. The first-order valence-electron chi connectivity index (χ1n) is 8.59. The Bertz CT molecular complexity index is 1070. The third kappa shape index (κ3) is 4.72. The number of para-hydroxylation sites is 1. The number of benzene rings is 3. The Hall–Kier alpha value is -3.52. The van der Waals surface area contributed by atoms with Crippen LogP contribution < -0.4 is 16.0 Å². The summed E-state index contributed by atoms with van der Waals surface area (Å²) in [5.41, 5.74) is 5.57. The molecule has 3 aromatic carbocycles. The Labute approximate surface area is 174 Å². The Balaban J connectivity index is 1.92. The quantitative estimate of drug-likeness (QED) is 0.438. The van der Waals surface area contributed by atoms with Crippen LogP contribution in [0.5, 0.6) is 0 Å². The van der Waals surface area contributed by atoms with E-state index in [9.17, 15) is 22.8 Å². The SMILES string of the molecule is Nc1ccc(N(C(=O)C(=O)Nc2ccc(Cl)c(C(F)(F)F)c2)c2ccccc2)cc1. The molecule has 0 aromatic heterocycles. The van der Waals surface area contributed by atoms with Crippen molar-refractivity contribution in [3.63, 3.8) is 0 Å². The van der Waals surface area contributed by atoms with Gasteiger partial charge in [0.2, 0.25) is 0 Å². The van der Waals surface area contributed by atoms with Gasteiger partial charge in [0.15, 0.2) is 0 Å². The van der Waals surface area contributed by atoms with Crippen molar-refractivity contribution in [3.8, 4) is 0 Å². The van der Waals surface area contributed by atoms with Crippen molar-refractivity contribution in [2.45, 2.75) is 6.18 Å². The van der Waals surface area contributed by atoms with Crippen LogP contribution in [0, 0.1) is 0 Å². The molecule has 0 bridgehead atoms. The molecule has 0 fully saturated rings. The van der Waals surface area contributed by atoms with Gasteiger partial charge in [0.05, 0.1) is 10.6 Å². The average molecular weight is 434 g/mol. The summed E-state index contributed by atoms with van der Waals surface area (Å²) in [7, 11) is 0. The molecule has 3 N–H and O–H groups in total. The maximum absolute atomic E-state index is 13.0. The highest BCUT2D eigenvalue weighted by Crippen LogP contribution is 2.36. The number of nitrogens with zero attached hydrogens (tertiary/aromatic N) is 1. The minimum atomic E-state index is -4.71. The molecule has 0 saturated carbocycles. The van der Waals surface area contributed by atoms with Gasteiger partial charge in [0.25, 0.3) is 0 Å². The molecular formula is C21H15ClF3N3O2. The van der Waals surface area contributed by atoms with Crippen molar-refractivity contribution >= 4 is 46.2 Å². The van der Waals surface area contributed by atoms with Crippen molar-refractivity contribution in [1.82, 2.24) is 0 Å². The van der Waals surface area contributed by atoms with Crippen LogP contribution in [0.2, 0.25) is 5.02 Å². The van der Waals surface area contributed by atoms with Crippen LogP contribution in [0.25, 0.3) is 0 Å². The van der Waals surface area contributed by atoms with E-state index in [-0.39, 0.29) is 5.69 Å². The van der Waals surface area contributed by atoms with Gasteiger partial charge in [-0.3, -0.25) is 14.5 Å². The fraction of sp³-hybridized carbons (Fsp3) is 0.0476. The lowest BCUT2D eigenvalue weighted by molar-refractivity contribution is -0.137. The molecule has 0 unspecified atom stereocenters. The lowest BCUT2D eigenvalue weighted by atomic mass is 10.2. The van der Waals surface area contributed by atoms with Crippen LogP contribution in [0.15, 0.2) is 72.8 Å². The van der Waals surface area contributed by atoms with Crippen LogP contribution >= 0.6 is 11.6 Å². The number of nitrogen functional groups attached to an aromatic ring is 1. The van der Waals surface area contributed by atoms with E-state index in [1.165, 1.54) is 6.07 Å². The fourth-order valence-electron chi connectivity index (χ4n) is 2.69. The zero-order valence-electron chi connectivity index (χ0n) is 15.3. The summed E-state index contributed by atoms with van der Waals surface area (Å²) in [6, 6.07) is 17.4. The first-order chi connectivity index (χ1) is 14.2. The number of carbonyl (C=O) groups excluding carboxylic acids is 2. The predicted octanol–water partition coefficient (Wildman–Crippen LogP) is 5.24. The van der Waals surface area contributed by atoms with E-state index in [4.69, 9.17) is 17.3 Å². The van der Waals surface area contributed by atoms with E-state index >= 15 is 0 Å².